The quantitative estimate of drug-likeness (QED) is 0.168. The zero-order valence-electron chi connectivity index (χ0n) is 30.2. The molecule has 0 saturated carbocycles. The molecule has 9 aromatic carbocycles. The fraction of sp³-hybridized carbons (Fsp3) is 0.0577. The van der Waals surface area contributed by atoms with Gasteiger partial charge < -0.3 is 0 Å². The number of hydrogen-bond acceptors (Lipinski definition) is 1. The van der Waals surface area contributed by atoms with Crippen molar-refractivity contribution in [3.05, 3.63) is 193 Å². The molecule has 254 valence electrons. The van der Waals surface area contributed by atoms with E-state index in [9.17, 15) is 0 Å². The Kier molecular flexibility index (Phi) is 6.63. The van der Waals surface area contributed by atoms with E-state index in [2.05, 4.69) is 200 Å². The van der Waals surface area contributed by atoms with Crippen LogP contribution in [0.2, 0.25) is 0 Å². The molecule has 0 radical (unpaired) electrons. The molecule has 0 aliphatic heterocycles. The van der Waals surface area contributed by atoms with Gasteiger partial charge in [0.2, 0.25) is 0 Å². The lowest BCUT2D eigenvalue weighted by molar-refractivity contribution is 0.661. The van der Waals surface area contributed by atoms with Crippen LogP contribution >= 0.6 is 0 Å². The highest BCUT2D eigenvalue weighted by Crippen LogP contribution is 2.54. The second kappa shape index (κ2) is 11.6. The van der Waals surface area contributed by atoms with Gasteiger partial charge in [-0.2, -0.15) is 0 Å². The summed E-state index contributed by atoms with van der Waals surface area (Å²) in [6, 6.07) is 66.5. The van der Waals surface area contributed by atoms with Gasteiger partial charge in [-0.05, 0) is 107 Å². The van der Waals surface area contributed by atoms with Crippen molar-refractivity contribution in [1.29, 1.82) is 0 Å². The van der Waals surface area contributed by atoms with E-state index in [1.165, 1.54) is 76.8 Å². The van der Waals surface area contributed by atoms with Crippen LogP contribution in [0.5, 0.6) is 0 Å². The van der Waals surface area contributed by atoms with Crippen molar-refractivity contribution in [3.8, 4) is 50.5 Å². The molecule has 10 aromatic rings. The fourth-order valence-corrected chi connectivity index (χ4v) is 9.33. The molecule has 0 amide bonds. The molecule has 1 aliphatic rings. The standard InChI is InChI=1S/C52H36N2/c1-52(2)44-25-13-12-24-42(44)50-37-19-7-6-18-36(37)43(32-45(50)52)49-40-22-10-8-20-38(40)48(39-21-9-11-23-41(39)49)33-28-30-34(31-29-33)51-53-46-26-14-15-27-47(46)54(51)35-16-4-3-5-17-35/h3-32H,1-2H3. The number of rotatable bonds is 4. The molecule has 54 heavy (non-hydrogen) atoms. The van der Waals surface area contributed by atoms with E-state index in [1.54, 1.807) is 0 Å². The number of nitrogens with zero attached hydrogens (tertiary/aromatic N) is 2. The van der Waals surface area contributed by atoms with Crippen molar-refractivity contribution >= 4 is 43.4 Å². The molecule has 0 N–H and O–H groups in total. The van der Waals surface area contributed by atoms with Crippen LogP contribution in [0, 0.1) is 0 Å². The first kappa shape index (κ1) is 30.8. The van der Waals surface area contributed by atoms with Crippen molar-refractivity contribution in [2.75, 3.05) is 0 Å². The molecule has 0 fully saturated rings. The normalized spacial score (nSPS) is 13.1. The number of imidazole rings is 1. The third kappa shape index (κ3) is 4.37. The molecule has 0 spiro atoms. The lowest BCUT2D eigenvalue weighted by Gasteiger charge is -2.24. The summed E-state index contributed by atoms with van der Waals surface area (Å²) in [4.78, 5) is 5.14. The summed E-state index contributed by atoms with van der Waals surface area (Å²) in [5.41, 5.74) is 14.7. The first-order valence-electron chi connectivity index (χ1n) is 18.8. The third-order valence-electron chi connectivity index (χ3n) is 11.8. The topological polar surface area (TPSA) is 17.8 Å². The highest BCUT2D eigenvalue weighted by molar-refractivity contribution is 6.24. The molecule has 1 aliphatic carbocycles. The number of hydrogen-bond donors (Lipinski definition) is 0. The highest BCUT2D eigenvalue weighted by Gasteiger charge is 2.37. The molecule has 11 rings (SSSR count). The summed E-state index contributed by atoms with van der Waals surface area (Å²) in [6.07, 6.45) is 0. The van der Waals surface area contributed by atoms with E-state index >= 15 is 0 Å². The molecule has 2 heteroatoms. The van der Waals surface area contributed by atoms with Crippen LogP contribution in [0.15, 0.2) is 182 Å². The Labute approximate surface area is 314 Å². The zero-order chi connectivity index (χ0) is 36.0. The molecule has 0 bridgehead atoms. The van der Waals surface area contributed by atoms with Gasteiger partial charge >= 0.3 is 0 Å². The Balaban J connectivity index is 1.14. The fourth-order valence-electron chi connectivity index (χ4n) is 9.33. The predicted octanol–water partition coefficient (Wildman–Crippen LogP) is 13.8. The summed E-state index contributed by atoms with van der Waals surface area (Å²) in [6.45, 7) is 4.77. The van der Waals surface area contributed by atoms with Crippen molar-refractivity contribution in [1.82, 2.24) is 9.55 Å². The van der Waals surface area contributed by atoms with Crippen LogP contribution in [-0.2, 0) is 5.41 Å². The van der Waals surface area contributed by atoms with E-state index < -0.39 is 0 Å². The first-order valence-corrected chi connectivity index (χ1v) is 18.8. The average molecular weight is 689 g/mol. The zero-order valence-corrected chi connectivity index (χ0v) is 30.2. The maximum absolute atomic E-state index is 5.14. The molecule has 0 atom stereocenters. The number of benzene rings is 9. The van der Waals surface area contributed by atoms with Gasteiger partial charge in [-0.15, -0.1) is 0 Å². The van der Waals surface area contributed by atoms with Crippen LogP contribution in [0.1, 0.15) is 25.0 Å². The predicted molar refractivity (Wildman–Crippen MR) is 227 cm³/mol. The molecular weight excluding hydrogens is 653 g/mol. The molecule has 0 saturated heterocycles. The third-order valence-corrected chi connectivity index (χ3v) is 11.8. The lowest BCUT2D eigenvalue weighted by Crippen LogP contribution is -2.15. The van der Waals surface area contributed by atoms with E-state index in [0.717, 1.165) is 28.1 Å². The number of aromatic nitrogens is 2. The Bertz CT molecular complexity index is 3050. The van der Waals surface area contributed by atoms with Gasteiger partial charge in [0.05, 0.1) is 11.0 Å². The summed E-state index contributed by atoms with van der Waals surface area (Å²) in [5.74, 6) is 0.938. The van der Waals surface area contributed by atoms with Crippen LogP contribution in [-0.4, -0.2) is 9.55 Å². The molecule has 1 heterocycles. The van der Waals surface area contributed by atoms with Gasteiger partial charge in [0.1, 0.15) is 5.82 Å². The number of fused-ring (bicyclic) bond motifs is 8. The average Bonchev–Trinajstić information content (AvgIpc) is 3.73. The molecule has 2 nitrogen and oxygen atoms in total. The van der Waals surface area contributed by atoms with Gasteiger partial charge in [-0.25, -0.2) is 4.98 Å². The van der Waals surface area contributed by atoms with Crippen molar-refractivity contribution in [2.24, 2.45) is 0 Å². The molecule has 0 unspecified atom stereocenters. The number of para-hydroxylation sites is 3. The van der Waals surface area contributed by atoms with Crippen LogP contribution < -0.4 is 0 Å². The minimum absolute atomic E-state index is 0.112. The van der Waals surface area contributed by atoms with E-state index in [-0.39, 0.29) is 5.41 Å². The molecular formula is C52H36N2. The second-order valence-corrected chi connectivity index (χ2v) is 15.1. The van der Waals surface area contributed by atoms with Gasteiger partial charge in [0.25, 0.3) is 0 Å². The first-order chi connectivity index (χ1) is 26.6. The van der Waals surface area contributed by atoms with Crippen LogP contribution in [0.25, 0.3) is 93.8 Å². The van der Waals surface area contributed by atoms with E-state index in [0.29, 0.717) is 0 Å². The van der Waals surface area contributed by atoms with Crippen LogP contribution in [0.4, 0.5) is 0 Å². The largest absolute Gasteiger partial charge is 0.292 e. The lowest BCUT2D eigenvalue weighted by atomic mass is 9.79. The van der Waals surface area contributed by atoms with Gasteiger partial charge in [0.15, 0.2) is 0 Å². The van der Waals surface area contributed by atoms with E-state index in [1.807, 2.05) is 0 Å². The SMILES string of the molecule is CC1(C)c2ccccc2-c2c1cc(-c1c3ccccc3c(-c3ccc(-c4nc5ccccc5n4-c4ccccc4)cc3)c3ccccc13)c1ccccc21. The van der Waals surface area contributed by atoms with E-state index in [4.69, 9.17) is 4.98 Å². The summed E-state index contributed by atoms with van der Waals surface area (Å²) in [7, 11) is 0. The van der Waals surface area contributed by atoms with Gasteiger partial charge in [-0.3, -0.25) is 4.57 Å². The summed E-state index contributed by atoms with van der Waals surface area (Å²) in [5, 5.41) is 7.64. The maximum atomic E-state index is 5.14. The van der Waals surface area contributed by atoms with Gasteiger partial charge in [-0.1, -0.05) is 166 Å². The Morgan fingerprint density at radius 3 is 1.61 bits per heavy atom. The van der Waals surface area contributed by atoms with Crippen molar-refractivity contribution < 1.29 is 0 Å². The minimum atomic E-state index is -0.112. The summed E-state index contributed by atoms with van der Waals surface area (Å²) < 4.78 is 2.27. The van der Waals surface area contributed by atoms with Gasteiger partial charge in [0, 0.05) is 16.7 Å². The molecule has 1 aromatic heterocycles. The highest BCUT2D eigenvalue weighted by atomic mass is 15.1. The second-order valence-electron chi connectivity index (χ2n) is 15.1. The Hall–Kier alpha value is -6.77. The summed E-state index contributed by atoms with van der Waals surface area (Å²) >= 11 is 0. The minimum Gasteiger partial charge on any atom is -0.292 e. The smallest absolute Gasteiger partial charge is 0.145 e. The Morgan fingerprint density at radius 2 is 0.926 bits per heavy atom. The monoisotopic (exact) mass is 688 g/mol. The Morgan fingerprint density at radius 1 is 0.407 bits per heavy atom. The van der Waals surface area contributed by atoms with Crippen molar-refractivity contribution in [3.63, 3.8) is 0 Å². The maximum Gasteiger partial charge on any atom is 0.145 e. The van der Waals surface area contributed by atoms with Crippen molar-refractivity contribution in [2.45, 2.75) is 19.3 Å². The van der Waals surface area contributed by atoms with Crippen LogP contribution in [0.3, 0.4) is 0 Å².